The molecule has 5 nitrogen and oxygen atoms in total. The molecule has 2 aromatic rings. The highest BCUT2D eigenvalue weighted by molar-refractivity contribution is 7.90. The van der Waals surface area contributed by atoms with Crippen molar-refractivity contribution in [1.29, 1.82) is 0 Å². The van der Waals surface area contributed by atoms with E-state index in [1.807, 2.05) is 0 Å². The van der Waals surface area contributed by atoms with Crippen LogP contribution in [0, 0.1) is 0 Å². The number of sulfone groups is 1. The third-order valence-corrected chi connectivity index (χ3v) is 4.50. The van der Waals surface area contributed by atoms with Crippen molar-refractivity contribution in [1.82, 2.24) is 0 Å². The van der Waals surface area contributed by atoms with Gasteiger partial charge in [-0.15, -0.1) is 11.3 Å². The first-order chi connectivity index (χ1) is 8.88. The van der Waals surface area contributed by atoms with Crippen LogP contribution in [-0.2, 0) is 9.84 Å². The molecular formula is C12H12N2O3S2. The van der Waals surface area contributed by atoms with Crippen molar-refractivity contribution in [3.63, 3.8) is 0 Å². The summed E-state index contributed by atoms with van der Waals surface area (Å²) in [5.74, 6) is -0.306. The lowest BCUT2D eigenvalue weighted by Gasteiger charge is -2.05. The number of carbonyl (C=O) groups excluding carboxylic acids is 1. The van der Waals surface area contributed by atoms with Gasteiger partial charge in [0.1, 0.15) is 4.88 Å². The molecule has 1 aromatic carbocycles. The summed E-state index contributed by atoms with van der Waals surface area (Å²) < 4.78 is 22.6. The Morgan fingerprint density at radius 1 is 1.21 bits per heavy atom. The highest BCUT2D eigenvalue weighted by Gasteiger charge is 2.12. The first kappa shape index (κ1) is 13.6. The van der Waals surface area contributed by atoms with Crippen LogP contribution in [0.2, 0.25) is 0 Å². The summed E-state index contributed by atoms with van der Waals surface area (Å²) in [7, 11) is -3.23. The van der Waals surface area contributed by atoms with Crippen molar-refractivity contribution in [3.8, 4) is 0 Å². The average Bonchev–Trinajstić information content (AvgIpc) is 2.75. The molecule has 2 rings (SSSR count). The van der Waals surface area contributed by atoms with Gasteiger partial charge in [0.2, 0.25) is 0 Å². The maximum absolute atomic E-state index is 11.9. The second-order valence-corrected chi connectivity index (χ2v) is 6.89. The van der Waals surface area contributed by atoms with Crippen LogP contribution in [-0.4, -0.2) is 20.6 Å². The minimum absolute atomic E-state index is 0.209. The number of thiophene rings is 1. The van der Waals surface area contributed by atoms with Gasteiger partial charge in [-0.25, -0.2) is 8.42 Å². The monoisotopic (exact) mass is 296 g/mol. The largest absolute Gasteiger partial charge is 0.397 e. The number of rotatable bonds is 3. The van der Waals surface area contributed by atoms with Crippen molar-refractivity contribution in [2.45, 2.75) is 4.90 Å². The number of benzene rings is 1. The van der Waals surface area contributed by atoms with Crippen molar-refractivity contribution in [3.05, 3.63) is 40.6 Å². The van der Waals surface area contributed by atoms with E-state index in [9.17, 15) is 13.2 Å². The van der Waals surface area contributed by atoms with Crippen molar-refractivity contribution >= 4 is 38.5 Å². The minimum Gasteiger partial charge on any atom is -0.397 e. The van der Waals surface area contributed by atoms with Crippen LogP contribution < -0.4 is 11.1 Å². The fourth-order valence-electron chi connectivity index (χ4n) is 1.48. The zero-order chi connectivity index (χ0) is 14.0. The van der Waals surface area contributed by atoms with Crippen LogP contribution in [0.3, 0.4) is 0 Å². The van der Waals surface area contributed by atoms with Crippen LogP contribution >= 0.6 is 11.3 Å². The van der Waals surface area contributed by atoms with Crippen molar-refractivity contribution in [2.75, 3.05) is 17.3 Å². The van der Waals surface area contributed by atoms with Crippen LogP contribution in [0.1, 0.15) is 9.67 Å². The Labute approximate surface area is 115 Å². The van der Waals surface area contributed by atoms with Gasteiger partial charge in [0.05, 0.1) is 10.6 Å². The summed E-state index contributed by atoms with van der Waals surface area (Å²) in [5, 5.41) is 4.39. The Morgan fingerprint density at radius 2 is 1.84 bits per heavy atom. The fourth-order valence-corrected chi connectivity index (χ4v) is 2.82. The lowest BCUT2D eigenvalue weighted by Crippen LogP contribution is -2.11. The third-order valence-electron chi connectivity index (χ3n) is 2.44. The summed E-state index contributed by atoms with van der Waals surface area (Å²) in [6, 6.07) is 7.63. The Kier molecular flexibility index (Phi) is 3.59. The Hall–Kier alpha value is -1.86. The molecule has 0 saturated heterocycles. The number of hydrogen-bond acceptors (Lipinski definition) is 5. The predicted octanol–water partition coefficient (Wildman–Crippen LogP) is 1.99. The predicted molar refractivity (Wildman–Crippen MR) is 76.2 cm³/mol. The molecule has 0 aliphatic rings. The number of nitrogens with two attached hydrogens (primary N) is 1. The molecule has 7 heteroatoms. The van der Waals surface area contributed by atoms with Gasteiger partial charge in [-0.05, 0) is 35.7 Å². The smallest absolute Gasteiger partial charge is 0.267 e. The van der Waals surface area contributed by atoms with Gasteiger partial charge in [0.25, 0.3) is 5.91 Å². The zero-order valence-electron chi connectivity index (χ0n) is 10.1. The van der Waals surface area contributed by atoms with Gasteiger partial charge in [-0.3, -0.25) is 4.79 Å². The fraction of sp³-hybridized carbons (Fsp3) is 0.0833. The molecule has 0 spiro atoms. The normalized spacial score (nSPS) is 11.2. The highest BCUT2D eigenvalue weighted by atomic mass is 32.2. The van der Waals surface area contributed by atoms with Crippen molar-refractivity contribution < 1.29 is 13.2 Å². The topological polar surface area (TPSA) is 89.3 Å². The molecule has 0 unspecified atom stereocenters. The lowest BCUT2D eigenvalue weighted by atomic mass is 10.3. The van der Waals surface area contributed by atoms with Gasteiger partial charge >= 0.3 is 0 Å². The Balaban J connectivity index is 2.17. The Morgan fingerprint density at radius 3 is 2.32 bits per heavy atom. The van der Waals surface area contributed by atoms with Crippen LogP contribution in [0.25, 0.3) is 0 Å². The van der Waals surface area contributed by atoms with Crippen molar-refractivity contribution in [2.24, 2.45) is 0 Å². The minimum atomic E-state index is -3.23. The lowest BCUT2D eigenvalue weighted by molar-refractivity contribution is 0.103. The van der Waals surface area contributed by atoms with Crippen LogP contribution in [0.4, 0.5) is 11.4 Å². The maximum atomic E-state index is 11.9. The van der Waals surface area contributed by atoms with E-state index in [2.05, 4.69) is 5.32 Å². The SMILES string of the molecule is CS(=O)(=O)c1ccc(NC(=O)c2sccc2N)cc1. The third kappa shape index (κ3) is 3.12. The number of nitrogen functional groups attached to an aromatic ring is 1. The van der Waals surface area contributed by atoms with E-state index < -0.39 is 9.84 Å². The van der Waals surface area contributed by atoms with Crippen LogP contribution in [0.15, 0.2) is 40.6 Å². The van der Waals surface area contributed by atoms with Gasteiger partial charge in [0, 0.05) is 11.9 Å². The van der Waals surface area contributed by atoms with E-state index in [1.165, 1.54) is 35.6 Å². The van der Waals surface area contributed by atoms with Crippen LogP contribution in [0.5, 0.6) is 0 Å². The number of anilines is 2. The van der Waals surface area contributed by atoms with E-state index >= 15 is 0 Å². The number of hydrogen-bond donors (Lipinski definition) is 2. The van der Waals surface area contributed by atoms with E-state index in [0.717, 1.165) is 6.26 Å². The first-order valence-corrected chi connectivity index (χ1v) is 8.09. The molecule has 0 atom stereocenters. The molecule has 3 N–H and O–H groups in total. The summed E-state index contributed by atoms with van der Waals surface area (Å²) in [5.41, 5.74) is 6.59. The summed E-state index contributed by atoms with van der Waals surface area (Å²) in [6.45, 7) is 0. The molecule has 100 valence electrons. The second kappa shape index (κ2) is 5.02. The second-order valence-electron chi connectivity index (χ2n) is 3.96. The number of nitrogens with one attached hydrogen (secondary N) is 1. The number of carbonyl (C=O) groups is 1. The number of amides is 1. The average molecular weight is 296 g/mol. The summed E-state index contributed by atoms with van der Waals surface area (Å²) >= 11 is 1.25. The highest BCUT2D eigenvalue weighted by Crippen LogP contribution is 2.21. The molecule has 0 aliphatic carbocycles. The molecule has 19 heavy (non-hydrogen) atoms. The molecular weight excluding hydrogens is 284 g/mol. The van der Waals surface area contributed by atoms with E-state index in [4.69, 9.17) is 5.73 Å². The molecule has 0 bridgehead atoms. The molecule has 0 aliphatic heterocycles. The maximum Gasteiger partial charge on any atom is 0.267 e. The van der Waals surface area contributed by atoms with E-state index in [1.54, 1.807) is 11.4 Å². The standard InChI is InChI=1S/C12H12N2O3S2/c1-19(16,17)9-4-2-8(3-5-9)14-12(15)11-10(13)6-7-18-11/h2-7H,13H2,1H3,(H,14,15). The molecule has 0 saturated carbocycles. The molecule has 1 heterocycles. The first-order valence-electron chi connectivity index (χ1n) is 5.32. The van der Waals surface area contributed by atoms with Gasteiger partial charge in [-0.2, -0.15) is 0 Å². The molecule has 0 fully saturated rings. The Bertz CT molecular complexity index is 703. The van der Waals surface area contributed by atoms with Gasteiger partial charge in [-0.1, -0.05) is 0 Å². The van der Waals surface area contributed by atoms with Gasteiger partial charge in [0.15, 0.2) is 9.84 Å². The molecule has 1 aromatic heterocycles. The summed E-state index contributed by atoms with van der Waals surface area (Å²) in [4.78, 5) is 12.5. The zero-order valence-corrected chi connectivity index (χ0v) is 11.7. The summed E-state index contributed by atoms with van der Waals surface area (Å²) in [6.07, 6.45) is 1.13. The van der Waals surface area contributed by atoms with Gasteiger partial charge < -0.3 is 11.1 Å². The van der Waals surface area contributed by atoms with E-state index in [0.29, 0.717) is 16.3 Å². The molecule has 0 radical (unpaired) electrons. The quantitative estimate of drug-likeness (QED) is 0.906. The molecule has 1 amide bonds. The van der Waals surface area contributed by atoms with E-state index in [-0.39, 0.29) is 10.8 Å².